The molecule has 1 rings (SSSR count). The lowest BCUT2D eigenvalue weighted by Crippen LogP contribution is -2.29. The fourth-order valence-corrected chi connectivity index (χ4v) is 2.30. The predicted octanol–water partition coefficient (Wildman–Crippen LogP) is 1.98. The molecule has 0 saturated carbocycles. The minimum absolute atomic E-state index is 0.237. The number of rotatable bonds is 4. The molecule has 2 N–H and O–H groups in total. The highest BCUT2D eigenvalue weighted by molar-refractivity contribution is 7.88. The van der Waals surface area contributed by atoms with Crippen molar-refractivity contribution in [2.75, 3.05) is 7.11 Å². The van der Waals surface area contributed by atoms with E-state index in [1.165, 1.54) is 6.92 Å². The van der Waals surface area contributed by atoms with Gasteiger partial charge in [-0.1, -0.05) is 11.6 Å². The highest BCUT2D eigenvalue weighted by Crippen LogP contribution is 2.40. The predicted molar refractivity (Wildman–Crippen MR) is 66.9 cm³/mol. The van der Waals surface area contributed by atoms with Crippen molar-refractivity contribution < 1.29 is 35.3 Å². The van der Waals surface area contributed by atoms with E-state index in [-0.39, 0.29) is 11.3 Å². The fraction of sp³-hybridized carbons (Fsp3) is 0.300. The van der Waals surface area contributed by atoms with Crippen LogP contribution in [-0.4, -0.2) is 26.9 Å². The second-order valence-corrected chi connectivity index (χ2v) is 5.71. The van der Waals surface area contributed by atoms with Gasteiger partial charge in [-0.3, -0.25) is 4.79 Å². The van der Waals surface area contributed by atoms with Crippen LogP contribution in [0.15, 0.2) is 6.07 Å². The molecule has 118 valence electrons. The van der Waals surface area contributed by atoms with Crippen LogP contribution < -0.4 is 14.7 Å². The van der Waals surface area contributed by atoms with Crippen molar-refractivity contribution in [1.29, 1.82) is 0 Å². The summed E-state index contributed by atoms with van der Waals surface area (Å²) in [5.41, 5.74) is -1.11. The van der Waals surface area contributed by atoms with Crippen molar-refractivity contribution in [3.8, 4) is 11.5 Å². The summed E-state index contributed by atoms with van der Waals surface area (Å²) in [6.07, 6.45) is 0. The van der Waals surface area contributed by atoms with E-state index in [2.05, 4.69) is 4.18 Å². The summed E-state index contributed by atoms with van der Waals surface area (Å²) >= 11 is 5.64. The number of primary amides is 1. The molecule has 0 aliphatic rings. The molecule has 1 aromatic rings. The normalized spacial score (nSPS) is 12.1. The Morgan fingerprint density at radius 2 is 1.86 bits per heavy atom. The third-order valence-electron chi connectivity index (χ3n) is 2.30. The average molecular weight is 348 g/mol. The van der Waals surface area contributed by atoms with Gasteiger partial charge in [0.05, 0.1) is 12.1 Å². The minimum Gasteiger partial charge on any atom is -0.495 e. The Bertz CT molecular complexity index is 687. The van der Waals surface area contributed by atoms with Gasteiger partial charge in [0.25, 0.3) is 5.91 Å². The van der Waals surface area contributed by atoms with Gasteiger partial charge in [-0.15, -0.1) is 0 Å². The molecule has 0 heterocycles. The summed E-state index contributed by atoms with van der Waals surface area (Å²) < 4.78 is 67.8. The van der Waals surface area contributed by atoms with Gasteiger partial charge < -0.3 is 14.7 Å². The van der Waals surface area contributed by atoms with Crippen molar-refractivity contribution in [3.63, 3.8) is 0 Å². The maximum absolute atomic E-state index is 12.3. The third-order valence-corrected chi connectivity index (χ3v) is 3.53. The molecule has 6 nitrogen and oxygen atoms in total. The monoisotopic (exact) mass is 347 g/mol. The smallest absolute Gasteiger partial charge is 0.495 e. The Morgan fingerprint density at radius 3 is 2.24 bits per heavy atom. The number of ether oxygens (including phenoxy) is 1. The molecule has 11 heteroatoms. The van der Waals surface area contributed by atoms with Crippen LogP contribution in [0.3, 0.4) is 0 Å². The lowest BCUT2D eigenvalue weighted by atomic mass is 10.1. The second-order valence-electron chi connectivity index (χ2n) is 3.76. The molecule has 0 unspecified atom stereocenters. The Labute approximate surface area is 122 Å². The number of alkyl halides is 3. The molecule has 21 heavy (non-hydrogen) atoms. The van der Waals surface area contributed by atoms with Crippen LogP contribution in [0.25, 0.3) is 0 Å². The summed E-state index contributed by atoms with van der Waals surface area (Å²) in [6, 6.07) is 1.08. The first kappa shape index (κ1) is 17.4. The topological polar surface area (TPSA) is 95.7 Å². The zero-order valence-corrected chi connectivity index (χ0v) is 12.2. The molecule has 0 aliphatic carbocycles. The Balaban J connectivity index is 3.61. The van der Waals surface area contributed by atoms with Gasteiger partial charge in [-0.2, -0.15) is 21.6 Å². The summed E-state index contributed by atoms with van der Waals surface area (Å²) in [7, 11) is -4.90. The number of halogens is 4. The molecular weight excluding hydrogens is 339 g/mol. The Morgan fingerprint density at radius 1 is 1.33 bits per heavy atom. The van der Waals surface area contributed by atoms with Crippen molar-refractivity contribution >= 4 is 27.6 Å². The number of carbonyl (C=O) groups is 1. The standard InChI is InChI=1S/C10H9ClF3NO5S/c1-4-3-5(11)8(6(9(15)16)7(4)19-2)20-21(17,18)10(12,13)14/h3H,1-2H3,(H2,15,16). The molecule has 0 aliphatic heterocycles. The number of aryl methyl sites for hydroxylation is 1. The molecule has 0 atom stereocenters. The Hall–Kier alpha value is -1.68. The molecule has 0 radical (unpaired) electrons. The van der Waals surface area contributed by atoms with E-state index in [0.717, 1.165) is 13.2 Å². The Kier molecular flexibility index (Phi) is 4.63. The second kappa shape index (κ2) is 5.60. The van der Waals surface area contributed by atoms with Crippen LogP contribution in [0.5, 0.6) is 11.5 Å². The highest BCUT2D eigenvalue weighted by Gasteiger charge is 2.49. The summed E-state index contributed by atoms with van der Waals surface area (Å²) in [6.45, 7) is 1.43. The molecule has 0 fully saturated rings. The maximum Gasteiger partial charge on any atom is 0.534 e. The van der Waals surface area contributed by atoms with E-state index in [1.54, 1.807) is 0 Å². The highest BCUT2D eigenvalue weighted by atomic mass is 35.5. The summed E-state index contributed by atoms with van der Waals surface area (Å²) in [5, 5.41) is -0.532. The number of methoxy groups -OCH3 is 1. The molecule has 1 aromatic carbocycles. The van der Waals surface area contributed by atoms with Gasteiger partial charge in [-0.05, 0) is 18.6 Å². The molecule has 1 amide bonds. The van der Waals surface area contributed by atoms with Crippen molar-refractivity contribution in [1.82, 2.24) is 0 Å². The van der Waals surface area contributed by atoms with E-state index in [9.17, 15) is 26.4 Å². The number of benzene rings is 1. The van der Waals surface area contributed by atoms with Crippen LogP contribution in [0.4, 0.5) is 13.2 Å². The molecule has 0 saturated heterocycles. The van der Waals surface area contributed by atoms with Crippen LogP contribution in [0.1, 0.15) is 15.9 Å². The minimum atomic E-state index is -6.01. The molecule has 0 spiro atoms. The molecule has 0 aromatic heterocycles. The number of amides is 1. The number of hydrogen-bond acceptors (Lipinski definition) is 5. The number of carbonyl (C=O) groups excluding carboxylic acids is 1. The van der Waals surface area contributed by atoms with Gasteiger partial charge in [0, 0.05) is 0 Å². The quantitative estimate of drug-likeness (QED) is 0.663. The van der Waals surface area contributed by atoms with Crippen molar-refractivity contribution in [2.45, 2.75) is 12.4 Å². The molecular formula is C10H9ClF3NO5S. The van der Waals surface area contributed by atoms with Crippen molar-refractivity contribution in [2.24, 2.45) is 5.73 Å². The van der Waals surface area contributed by atoms with Crippen LogP contribution in [0.2, 0.25) is 5.02 Å². The average Bonchev–Trinajstić information content (AvgIpc) is 2.29. The SMILES string of the molecule is COc1c(C)cc(Cl)c(OS(=O)(=O)C(F)(F)F)c1C(N)=O. The van der Waals surface area contributed by atoms with Gasteiger partial charge in [0.15, 0.2) is 5.75 Å². The van der Waals surface area contributed by atoms with Gasteiger partial charge in [0.1, 0.15) is 11.3 Å². The lowest BCUT2D eigenvalue weighted by molar-refractivity contribution is -0.0500. The van der Waals surface area contributed by atoms with Gasteiger partial charge >= 0.3 is 15.6 Å². The largest absolute Gasteiger partial charge is 0.534 e. The number of nitrogens with two attached hydrogens (primary N) is 1. The number of hydrogen-bond donors (Lipinski definition) is 1. The fourth-order valence-electron chi connectivity index (χ4n) is 1.47. The summed E-state index contributed by atoms with van der Waals surface area (Å²) in [5.74, 6) is -2.53. The molecule has 0 bridgehead atoms. The van der Waals surface area contributed by atoms with Crippen LogP contribution in [-0.2, 0) is 10.1 Å². The third kappa shape index (κ3) is 3.32. The van der Waals surface area contributed by atoms with Gasteiger partial charge in [-0.25, -0.2) is 0 Å². The zero-order chi connectivity index (χ0) is 16.6. The van der Waals surface area contributed by atoms with E-state index >= 15 is 0 Å². The van der Waals surface area contributed by atoms with Crippen LogP contribution >= 0.6 is 11.6 Å². The van der Waals surface area contributed by atoms with E-state index in [0.29, 0.717) is 0 Å². The first-order valence-corrected chi connectivity index (χ1v) is 6.88. The summed E-state index contributed by atoms with van der Waals surface area (Å²) in [4.78, 5) is 11.4. The van der Waals surface area contributed by atoms with Crippen LogP contribution in [0, 0.1) is 6.92 Å². The first-order valence-electron chi connectivity index (χ1n) is 5.10. The van der Waals surface area contributed by atoms with E-state index in [1.807, 2.05) is 0 Å². The zero-order valence-electron chi connectivity index (χ0n) is 10.6. The van der Waals surface area contributed by atoms with Gasteiger partial charge in [0.2, 0.25) is 0 Å². The van der Waals surface area contributed by atoms with E-state index < -0.39 is 37.9 Å². The van der Waals surface area contributed by atoms with E-state index in [4.69, 9.17) is 22.1 Å². The lowest BCUT2D eigenvalue weighted by Gasteiger charge is -2.16. The maximum atomic E-state index is 12.3. The first-order chi connectivity index (χ1) is 9.42. The van der Waals surface area contributed by atoms with Crippen molar-refractivity contribution in [3.05, 3.63) is 22.2 Å².